The minimum absolute atomic E-state index is 0.0162. The van der Waals surface area contributed by atoms with E-state index in [0.717, 1.165) is 0 Å². The number of carbonyl (C=O) groups is 1. The smallest absolute Gasteiger partial charge is 0.387 e. The van der Waals surface area contributed by atoms with E-state index >= 15 is 0 Å². The van der Waals surface area contributed by atoms with Gasteiger partial charge in [-0.15, -0.1) is 0 Å². The number of amides is 1. The highest BCUT2D eigenvalue weighted by atomic mass is 19.3. The van der Waals surface area contributed by atoms with Crippen LogP contribution in [0.4, 0.5) is 13.2 Å². The quantitative estimate of drug-likeness (QED) is 0.681. The predicted molar refractivity (Wildman–Crippen MR) is 74.5 cm³/mol. The third-order valence-electron chi connectivity index (χ3n) is 2.60. The average molecular weight is 308 g/mol. The summed E-state index contributed by atoms with van der Waals surface area (Å²) in [6.45, 7) is -2.89. The zero-order valence-electron chi connectivity index (χ0n) is 11.2. The third kappa shape index (κ3) is 4.34. The molecule has 0 radical (unpaired) electrons. The van der Waals surface area contributed by atoms with Gasteiger partial charge in [0.25, 0.3) is 5.91 Å². The van der Waals surface area contributed by atoms with Crippen molar-refractivity contribution in [3.63, 3.8) is 0 Å². The zero-order chi connectivity index (χ0) is 15.9. The molecule has 22 heavy (non-hydrogen) atoms. The van der Waals surface area contributed by atoms with E-state index in [0.29, 0.717) is 5.56 Å². The van der Waals surface area contributed by atoms with Gasteiger partial charge in [-0.2, -0.15) is 13.9 Å². The standard InChI is InChI=1S/C15H11F3N2O2/c16-13-4-2-1-3-12(13)14(21)20-19-9-10-5-7-11(8-6-10)22-15(17)18/h1-9,15H,(H,20,21). The van der Waals surface area contributed by atoms with Crippen LogP contribution in [-0.4, -0.2) is 18.7 Å². The van der Waals surface area contributed by atoms with Crippen LogP contribution in [0.5, 0.6) is 5.75 Å². The van der Waals surface area contributed by atoms with Gasteiger partial charge in [0.05, 0.1) is 11.8 Å². The topological polar surface area (TPSA) is 50.7 Å². The molecule has 0 aliphatic heterocycles. The number of halogens is 3. The second-order valence-corrected chi connectivity index (χ2v) is 4.13. The predicted octanol–water partition coefficient (Wildman–Crippen LogP) is 3.19. The van der Waals surface area contributed by atoms with E-state index in [4.69, 9.17) is 0 Å². The van der Waals surface area contributed by atoms with Crippen LogP contribution >= 0.6 is 0 Å². The fraction of sp³-hybridized carbons (Fsp3) is 0.0667. The van der Waals surface area contributed by atoms with E-state index in [2.05, 4.69) is 15.3 Å². The van der Waals surface area contributed by atoms with Crippen LogP contribution in [0, 0.1) is 5.82 Å². The first-order valence-electron chi connectivity index (χ1n) is 6.19. The molecule has 4 nitrogen and oxygen atoms in total. The molecule has 0 saturated heterocycles. The van der Waals surface area contributed by atoms with Crippen LogP contribution < -0.4 is 10.2 Å². The van der Waals surface area contributed by atoms with Crippen molar-refractivity contribution >= 4 is 12.1 Å². The Hall–Kier alpha value is -2.83. The van der Waals surface area contributed by atoms with Gasteiger partial charge in [0, 0.05) is 0 Å². The Morgan fingerprint density at radius 3 is 2.45 bits per heavy atom. The van der Waals surface area contributed by atoms with Gasteiger partial charge < -0.3 is 4.74 Å². The number of carbonyl (C=O) groups excluding carboxylic acids is 1. The normalized spacial score (nSPS) is 10.9. The van der Waals surface area contributed by atoms with Crippen molar-refractivity contribution in [2.24, 2.45) is 5.10 Å². The molecule has 0 bridgehead atoms. The number of hydrazone groups is 1. The Bertz CT molecular complexity index is 673. The molecule has 0 aliphatic rings. The van der Waals surface area contributed by atoms with E-state index in [-0.39, 0.29) is 11.3 Å². The molecule has 0 unspecified atom stereocenters. The lowest BCUT2D eigenvalue weighted by atomic mass is 10.2. The molecule has 1 N–H and O–H groups in total. The lowest BCUT2D eigenvalue weighted by Crippen LogP contribution is -2.18. The summed E-state index contributed by atoms with van der Waals surface area (Å²) in [6, 6.07) is 11.1. The number of ether oxygens (including phenoxy) is 1. The van der Waals surface area contributed by atoms with Gasteiger partial charge in [-0.05, 0) is 42.0 Å². The molecule has 2 rings (SSSR count). The van der Waals surface area contributed by atoms with Crippen LogP contribution in [0.15, 0.2) is 53.6 Å². The van der Waals surface area contributed by atoms with Crippen molar-refractivity contribution in [3.8, 4) is 5.75 Å². The number of nitrogens with one attached hydrogen (secondary N) is 1. The maximum Gasteiger partial charge on any atom is 0.387 e. The fourth-order valence-corrected chi connectivity index (χ4v) is 1.61. The molecule has 7 heteroatoms. The third-order valence-corrected chi connectivity index (χ3v) is 2.60. The molecule has 0 saturated carbocycles. The summed E-state index contributed by atoms with van der Waals surface area (Å²) in [7, 11) is 0. The summed E-state index contributed by atoms with van der Waals surface area (Å²) < 4.78 is 41.5. The highest BCUT2D eigenvalue weighted by Gasteiger charge is 2.09. The van der Waals surface area contributed by atoms with E-state index < -0.39 is 18.3 Å². The number of nitrogens with zero attached hydrogens (tertiary/aromatic N) is 1. The zero-order valence-corrected chi connectivity index (χ0v) is 11.2. The largest absolute Gasteiger partial charge is 0.435 e. The molecule has 0 fully saturated rings. The average Bonchev–Trinajstić information content (AvgIpc) is 2.49. The molecule has 1 amide bonds. The first-order chi connectivity index (χ1) is 10.6. The minimum atomic E-state index is -2.89. The maximum absolute atomic E-state index is 13.4. The van der Waals surface area contributed by atoms with E-state index in [9.17, 15) is 18.0 Å². The Kier molecular flexibility index (Phi) is 5.13. The Morgan fingerprint density at radius 1 is 1.14 bits per heavy atom. The second kappa shape index (κ2) is 7.26. The SMILES string of the molecule is O=C(NN=Cc1ccc(OC(F)F)cc1)c1ccccc1F. The lowest BCUT2D eigenvalue weighted by molar-refractivity contribution is -0.0498. The van der Waals surface area contributed by atoms with Crippen LogP contribution in [0.3, 0.4) is 0 Å². The van der Waals surface area contributed by atoms with Gasteiger partial charge in [0.15, 0.2) is 0 Å². The van der Waals surface area contributed by atoms with Crippen LogP contribution in [0.2, 0.25) is 0 Å². The van der Waals surface area contributed by atoms with Crippen molar-refractivity contribution < 1.29 is 22.7 Å². The first kappa shape index (κ1) is 15.6. The van der Waals surface area contributed by atoms with Crippen LogP contribution in [-0.2, 0) is 0 Å². The number of hydrogen-bond acceptors (Lipinski definition) is 3. The van der Waals surface area contributed by atoms with Gasteiger partial charge in [-0.3, -0.25) is 4.79 Å². The second-order valence-electron chi connectivity index (χ2n) is 4.13. The molecular weight excluding hydrogens is 297 g/mol. The number of alkyl halides is 2. The molecule has 2 aromatic rings. The van der Waals surface area contributed by atoms with Gasteiger partial charge in [0.2, 0.25) is 0 Å². The summed E-state index contributed by atoms with van der Waals surface area (Å²) in [4.78, 5) is 11.7. The van der Waals surface area contributed by atoms with Crippen LogP contribution in [0.1, 0.15) is 15.9 Å². The van der Waals surface area contributed by atoms with Crippen molar-refractivity contribution in [2.75, 3.05) is 0 Å². The summed E-state index contributed by atoms with van der Waals surface area (Å²) in [6.07, 6.45) is 1.30. The molecular formula is C15H11F3N2O2. The molecule has 0 aromatic heterocycles. The van der Waals surface area contributed by atoms with Gasteiger partial charge in [0.1, 0.15) is 11.6 Å². The van der Waals surface area contributed by atoms with Crippen molar-refractivity contribution in [2.45, 2.75) is 6.61 Å². The van der Waals surface area contributed by atoms with Gasteiger partial charge in [-0.25, -0.2) is 9.82 Å². The summed E-state index contributed by atoms with van der Waals surface area (Å²) in [5.74, 6) is -1.32. The minimum Gasteiger partial charge on any atom is -0.435 e. The van der Waals surface area contributed by atoms with E-state index in [1.54, 1.807) is 0 Å². The Labute approximate surface area is 124 Å². The number of benzene rings is 2. The Morgan fingerprint density at radius 2 is 1.82 bits per heavy atom. The molecule has 0 heterocycles. The highest BCUT2D eigenvalue weighted by molar-refractivity contribution is 5.95. The number of hydrogen-bond donors (Lipinski definition) is 1. The molecule has 114 valence electrons. The van der Waals surface area contributed by atoms with Gasteiger partial charge in [-0.1, -0.05) is 12.1 Å². The van der Waals surface area contributed by atoms with E-state index in [1.165, 1.54) is 54.7 Å². The lowest BCUT2D eigenvalue weighted by Gasteiger charge is -2.03. The fourth-order valence-electron chi connectivity index (χ4n) is 1.61. The van der Waals surface area contributed by atoms with Gasteiger partial charge >= 0.3 is 6.61 Å². The molecule has 0 atom stereocenters. The van der Waals surface area contributed by atoms with Crippen LogP contribution in [0.25, 0.3) is 0 Å². The Balaban J connectivity index is 1.95. The van der Waals surface area contributed by atoms with E-state index in [1.807, 2.05) is 0 Å². The van der Waals surface area contributed by atoms with Crippen molar-refractivity contribution in [1.82, 2.24) is 5.43 Å². The highest BCUT2D eigenvalue weighted by Crippen LogP contribution is 2.14. The molecule has 0 aliphatic carbocycles. The molecule has 0 spiro atoms. The summed E-state index contributed by atoms with van der Waals surface area (Å²) in [5.41, 5.74) is 2.60. The summed E-state index contributed by atoms with van der Waals surface area (Å²) in [5, 5.41) is 3.67. The van der Waals surface area contributed by atoms with Crippen molar-refractivity contribution in [1.29, 1.82) is 0 Å². The summed E-state index contributed by atoms with van der Waals surface area (Å²) >= 11 is 0. The van der Waals surface area contributed by atoms with Crippen molar-refractivity contribution in [3.05, 3.63) is 65.5 Å². The maximum atomic E-state index is 13.4. The number of rotatable bonds is 5. The first-order valence-corrected chi connectivity index (χ1v) is 6.19. The monoisotopic (exact) mass is 308 g/mol. The molecule has 2 aromatic carbocycles.